The van der Waals surface area contributed by atoms with Crippen molar-refractivity contribution in [2.24, 2.45) is 7.05 Å². The molecule has 0 saturated heterocycles. The van der Waals surface area contributed by atoms with E-state index in [9.17, 15) is 4.79 Å². The first kappa shape index (κ1) is 12.0. The zero-order valence-electron chi connectivity index (χ0n) is 9.64. The van der Waals surface area contributed by atoms with Gasteiger partial charge in [-0.25, -0.2) is 0 Å². The van der Waals surface area contributed by atoms with E-state index in [-0.39, 0.29) is 5.78 Å². The maximum atomic E-state index is 12.0. The molecule has 0 radical (unpaired) electrons. The fourth-order valence-electron chi connectivity index (χ4n) is 1.64. The van der Waals surface area contributed by atoms with Crippen molar-refractivity contribution in [2.75, 3.05) is 0 Å². The van der Waals surface area contributed by atoms with E-state index < -0.39 is 0 Å². The summed E-state index contributed by atoms with van der Waals surface area (Å²) in [7, 11) is 1.77. The summed E-state index contributed by atoms with van der Waals surface area (Å²) in [6.45, 7) is 1.87. The Hall–Kier alpha value is -1.49. The summed E-state index contributed by atoms with van der Waals surface area (Å²) in [5, 5.41) is 4.16. The molecule has 88 valence electrons. The van der Waals surface area contributed by atoms with Crippen molar-refractivity contribution < 1.29 is 4.79 Å². The molecule has 5 heteroatoms. The number of carbonyl (C=O) groups excluding carboxylic acids is 1. The van der Waals surface area contributed by atoms with Crippen LogP contribution in [-0.2, 0) is 13.5 Å². The summed E-state index contributed by atoms with van der Waals surface area (Å²) >= 11 is 3.31. The lowest BCUT2D eigenvalue weighted by molar-refractivity contribution is 0.0983. The topological polar surface area (TPSA) is 47.8 Å². The molecule has 4 nitrogen and oxygen atoms in total. The Morgan fingerprint density at radius 1 is 1.47 bits per heavy atom. The highest BCUT2D eigenvalue weighted by Crippen LogP contribution is 2.10. The number of hydrogen-bond donors (Lipinski definition) is 0. The highest BCUT2D eigenvalue weighted by molar-refractivity contribution is 9.10. The Kier molecular flexibility index (Phi) is 3.38. The van der Waals surface area contributed by atoms with Crippen LogP contribution in [0.2, 0.25) is 0 Å². The van der Waals surface area contributed by atoms with Crippen LogP contribution in [0.5, 0.6) is 0 Å². The summed E-state index contributed by atoms with van der Waals surface area (Å²) in [4.78, 5) is 16.2. The molecule has 0 N–H and O–H groups in total. The Bertz CT molecular complexity index is 545. The number of halogens is 1. The molecule has 17 heavy (non-hydrogen) atoms. The standard InChI is InChI=1S/C12H12BrN3O/c1-8-5-11(16(2)15-8)12(17)6-10-4-3-9(13)7-14-10/h3-5,7H,6H2,1-2H3. The van der Waals surface area contributed by atoms with Gasteiger partial charge in [0, 0.05) is 23.4 Å². The van der Waals surface area contributed by atoms with Crippen molar-refractivity contribution in [1.29, 1.82) is 0 Å². The van der Waals surface area contributed by atoms with Gasteiger partial charge in [0.1, 0.15) is 5.69 Å². The molecule has 2 aromatic rings. The first-order valence-corrected chi connectivity index (χ1v) is 6.00. The van der Waals surface area contributed by atoms with Crippen LogP contribution in [0.25, 0.3) is 0 Å². The van der Waals surface area contributed by atoms with Gasteiger partial charge in [-0.3, -0.25) is 14.5 Å². The Morgan fingerprint density at radius 3 is 2.76 bits per heavy atom. The van der Waals surface area contributed by atoms with Crippen LogP contribution in [-0.4, -0.2) is 20.5 Å². The van der Waals surface area contributed by atoms with Crippen LogP contribution in [0.1, 0.15) is 21.9 Å². The van der Waals surface area contributed by atoms with E-state index in [4.69, 9.17) is 0 Å². The molecule has 0 aliphatic carbocycles. The fourth-order valence-corrected chi connectivity index (χ4v) is 1.87. The number of rotatable bonds is 3. The predicted molar refractivity (Wildman–Crippen MR) is 67.9 cm³/mol. The van der Waals surface area contributed by atoms with E-state index in [1.807, 2.05) is 19.1 Å². The van der Waals surface area contributed by atoms with Gasteiger partial charge in [-0.15, -0.1) is 0 Å². The highest BCUT2D eigenvalue weighted by Gasteiger charge is 2.12. The zero-order valence-corrected chi connectivity index (χ0v) is 11.2. The van der Waals surface area contributed by atoms with Gasteiger partial charge < -0.3 is 0 Å². The normalized spacial score (nSPS) is 10.5. The largest absolute Gasteiger partial charge is 0.292 e. The number of carbonyl (C=O) groups is 1. The lowest BCUT2D eigenvalue weighted by atomic mass is 10.1. The summed E-state index contributed by atoms with van der Waals surface area (Å²) in [6, 6.07) is 5.51. The molecule has 0 aromatic carbocycles. The van der Waals surface area contributed by atoms with Crippen molar-refractivity contribution in [3.05, 3.63) is 46.0 Å². The van der Waals surface area contributed by atoms with Crippen LogP contribution in [0.3, 0.4) is 0 Å². The predicted octanol–water partition coefficient (Wildman–Crippen LogP) is 2.31. The molecule has 0 saturated carbocycles. The van der Waals surface area contributed by atoms with Crippen molar-refractivity contribution in [1.82, 2.24) is 14.8 Å². The summed E-state index contributed by atoms with van der Waals surface area (Å²) in [5.74, 6) is 0.0305. The summed E-state index contributed by atoms with van der Waals surface area (Å²) < 4.78 is 2.52. The van der Waals surface area contributed by atoms with Gasteiger partial charge in [-0.05, 0) is 41.1 Å². The fraction of sp³-hybridized carbons (Fsp3) is 0.250. The van der Waals surface area contributed by atoms with Gasteiger partial charge in [0.05, 0.1) is 12.1 Å². The molecule has 0 aliphatic heterocycles. The second kappa shape index (κ2) is 4.79. The molecule has 0 amide bonds. The number of ketones is 1. The van der Waals surface area contributed by atoms with Gasteiger partial charge in [-0.1, -0.05) is 0 Å². The number of hydrogen-bond acceptors (Lipinski definition) is 3. The minimum absolute atomic E-state index is 0.0305. The minimum atomic E-state index is 0.0305. The van der Waals surface area contributed by atoms with Crippen molar-refractivity contribution in [3.63, 3.8) is 0 Å². The van der Waals surface area contributed by atoms with Gasteiger partial charge >= 0.3 is 0 Å². The van der Waals surface area contributed by atoms with E-state index >= 15 is 0 Å². The Morgan fingerprint density at radius 2 is 2.24 bits per heavy atom. The van der Waals surface area contributed by atoms with Gasteiger partial charge in [0.25, 0.3) is 0 Å². The van der Waals surface area contributed by atoms with Gasteiger partial charge in [-0.2, -0.15) is 5.10 Å². The third-order valence-electron chi connectivity index (χ3n) is 2.42. The van der Waals surface area contributed by atoms with Crippen LogP contribution in [0.15, 0.2) is 28.9 Å². The van der Waals surface area contributed by atoms with Crippen molar-refractivity contribution in [3.8, 4) is 0 Å². The molecule has 0 unspecified atom stereocenters. The zero-order chi connectivity index (χ0) is 12.4. The molecule has 2 aromatic heterocycles. The van der Waals surface area contributed by atoms with E-state index in [1.54, 1.807) is 24.0 Å². The van der Waals surface area contributed by atoms with Crippen molar-refractivity contribution in [2.45, 2.75) is 13.3 Å². The SMILES string of the molecule is Cc1cc(C(=O)Cc2ccc(Br)cn2)n(C)n1. The van der Waals surface area contributed by atoms with Gasteiger partial charge in [0.15, 0.2) is 5.78 Å². The van der Waals surface area contributed by atoms with E-state index in [2.05, 4.69) is 26.0 Å². The van der Waals surface area contributed by atoms with Gasteiger partial charge in [0.2, 0.25) is 0 Å². The molecule has 0 spiro atoms. The summed E-state index contributed by atoms with van der Waals surface area (Å²) in [5.41, 5.74) is 2.23. The molecule has 2 rings (SSSR count). The lowest BCUT2D eigenvalue weighted by Crippen LogP contribution is -2.10. The monoisotopic (exact) mass is 293 g/mol. The second-order valence-corrected chi connectivity index (χ2v) is 4.78. The first-order chi connectivity index (χ1) is 8.06. The maximum absolute atomic E-state index is 12.0. The summed E-state index contributed by atoms with van der Waals surface area (Å²) in [6.07, 6.45) is 1.99. The maximum Gasteiger partial charge on any atom is 0.186 e. The van der Waals surface area contributed by atoms with Crippen molar-refractivity contribution >= 4 is 21.7 Å². The molecular weight excluding hydrogens is 282 g/mol. The number of Topliss-reactive ketones (excluding diaryl/α,β-unsaturated/α-hetero) is 1. The number of nitrogens with zero attached hydrogens (tertiary/aromatic N) is 3. The molecular formula is C12H12BrN3O. The van der Waals surface area contributed by atoms with E-state index in [0.29, 0.717) is 12.1 Å². The minimum Gasteiger partial charge on any atom is -0.292 e. The quantitative estimate of drug-likeness (QED) is 0.816. The van der Waals surface area contributed by atoms with Crippen LogP contribution >= 0.6 is 15.9 Å². The average molecular weight is 294 g/mol. The molecule has 0 atom stereocenters. The number of pyridine rings is 1. The first-order valence-electron chi connectivity index (χ1n) is 5.20. The highest BCUT2D eigenvalue weighted by atomic mass is 79.9. The third-order valence-corrected chi connectivity index (χ3v) is 2.89. The molecule has 0 aliphatic rings. The van der Waals surface area contributed by atoms with Crippen LogP contribution in [0.4, 0.5) is 0 Å². The molecule has 0 fully saturated rings. The molecule has 2 heterocycles. The van der Waals surface area contributed by atoms with E-state index in [1.165, 1.54) is 0 Å². The lowest BCUT2D eigenvalue weighted by Gasteiger charge is -2.01. The Balaban J connectivity index is 2.17. The molecule has 0 bridgehead atoms. The van der Waals surface area contributed by atoms with Crippen LogP contribution < -0.4 is 0 Å². The average Bonchev–Trinajstić information content (AvgIpc) is 2.61. The number of aryl methyl sites for hydroxylation is 2. The smallest absolute Gasteiger partial charge is 0.186 e. The third kappa shape index (κ3) is 2.79. The van der Waals surface area contributed by atoms with Crippen LogP contribution in [0, 0.1) is 6.92 Å². The second-order valence-electron chi connectivity index (χ2n) is 3.86. The van der Waals surface area contributed by atoms with E-state index in [0.717, 1.165) is 15.9 Å². The Labute approximate surface area is 108 Å². The number of aromatic nitrogens is 3.